The van der Waals surface area contributed by atoms with Gasteiger partial charge in [0.05, 0.1) is 29.3 Å². The van der Waals surface area contributed by atoms with E-state index < -0.39 is 0 Å². The third kappa shape index (κ3) is 3.30. The third-order valence-electron chi connectivity index (χ3n) is 6.63. The number of hydrogen-bond donors (Lipinski definition) is 1. The smallest absolute Gasteiger partial charge is 0.158 e. The van der Waals surface area contributed by atoms with Gasteiger partial charge in [0.2, 0.25) is 0 Å². The maximum Gasteiger partial charge on any atom is 0.158 e. The van der Waals surface area contributed by atoms with Crippen LogP contribution in [0.3, 0.4) is 0 Å². The van der Waals surface area contributed by atoms with Gasteiger partial charge in [-0.25, -0.2) is 14.5 Å². The lowest BCUT2D eigenvalue weighted by Gasteiger charge is -2.34. The summed E-state index contributed by atoms with van der Waals surface area (Å²) < 4.78 is 1.85. The topological polar surface area (TPSA) is 89.1 Å². The molecule has 1 N–H and O–H groups in total. The molecule has 0 saturated carbocycles. The number of hydrogen-bond acceptors (Lipinski definition) is 6. The van der Waals surface area contributed by atoms with Crippen molar-refractivity contribution in [3.05, 3.63) is 41.3 Å². The Morgan fingerprint density at radius 3 is 2.62 bits per heavy atom. The summed E-state index contributed by atoms with van der Waals surface area (Å²) in [5.41, 5.74) is 8.78. The van der Waals surface area contributed by atoms with Gasteiger partial charge in [0.25, 0.3) is 0 Å². The number of aromatic amines is 1. The lowest BCUT2D eigenvalue weighted by Crippen LogP contribution is -2.46. The monoisotopic (exact) mass is 428 g/mol. The van der Waals surface area contributed by atoms with Crippen LogP contribution in [0.4, 0.5) is 5.82 Å². The molecule has 0 aliphatic carbocycles. The Labute approximate surface area is 187 Å². The summed E-state index contributed by atoms with van der Waals surface area (Å²) >= 11 is 0. The SMILES string of the molecule is Cc1c(-c2[nH]c3ccc(N4CCN(CC#N)CC4)nc3c2C(C)C)cn2ncnc2c1C. The number of anilines is 1. The molecule has 0 bridgehead atoms. The number of H-pyrrole nitrogens is 1. The average Bonchev–Trinajstić information content (AvgIpc) is 3.41. The number of nitrogens with zero attached hydrogens (tertiary/aromatic N) is 7. The lowest BCUT2D eigenvalue weighted by atomic mass is 9.95. The van der Waals surface area contributed by atoms with E-state index in [2.05, 4.69) is 77.0 Å². The number of aryl methyl sites for hydroxylation is 1. The van der Waals surface area contributed by atoms with E-state index >= 15 is 0 Å². The van der Waals surface area contributed by atoms with Gasteiger partial charge < -0.3 is 9.88 Å². The van der Waals surface area contributed by atoms with Crippen molar-refractivity contribution >= 4 is 22.5 Å². The molecule has 164 valence electrons. The molecular formula is C24H28N8. The first kappa shape index (κ1) is 20.5. The number of fused-ring (bicyclic) bond motifs is 2. The highest BCUT2D eigenvalue weighted by molar-refractivity contribution is 5.90. The number of aromatic nitrogens is 5. The molecular weight excluding hydrogens is 400 g/mol. The normalized spacial score (nSPS) is 15.2. The third-order valence-corrected chi connectivity index (χ3v) is 6.63. The Kier molecular flexibility index (Phi) is 5.06. The van der Waals surface area contributed by atoms with E-state index in [1.165, 1.54) is 11.1 Å². The summed E-state index contributed by atoms with van der Waals surface area (Å²) in [4.78, 5) is 17.7. The summed E-state index contributed by atoms with van der Waals surface area (Å²) in [6.07, 6.45) is 3.67. The molecule has 8 heteroatoms. The second kappa shape index (κ2) is 7.92. The Morgan fingerprint density at radius 1 is 1.12 bits per heavy atom. The average molecular weight is 429 g/mol. The van der Waals surface area contributed by atoms with E-state index in [9.17, 15) is 0 Å². The maximum absolute atomic E-state index is 8.95. The van der Waals surface area contributed by atoms with Gasteiger partial charge >= 0.3 is 0 Å². The maximum atomic E-state index is 8.95. The van der Waals surface area contributed by atoms with Crippen LogP contribution in [0, 0.1) is 25.2 Å². The summed E-state index contributed by atoms with van der Waals surface area (Å²) in [6.45, 7) is 12.7. The highest BCUT2D eigenvalue weighted by Gasteiger charge is 2.23. The number of piperazine rings is 1. The summed E-state index contributed by atoms with van der Waals surface area (Å²) in [7, 11) is 0. The van der Waals surface area contributed by atoms with Crippen molar-refractivity contribution < 1.29 is 0 Å². The Bertz CT molecular complexity index is 1330. The molecule has 5 rings (SSSR count). The van der Waals surface area contributed by atoms with Crippen LogP contribution in [-0.2, 0) is 0 Å². The summed E-state index contributed by atoms with van der Waals surface area (Å²) in [5, 5.41) is 13.3. The quantitative estimate of drug-likeness (QED) is 0.499. The van der Waals surface area contributed by atoms with Crippen LogP contribution in [0.15, 0.2) is 24.7 Å². The fourth-order valence-electron chi connectivity index (χ4n) is 4.72. The molecule has 1 fully saturated rings. The molecule has 0 amide bonds. The summed E-state index contributed by atoms with van der Waals surface area (Å²) in [6, 6.07) is 6.50. The van der Waals surface area contributed by atoms with Gasteiger partial charge in [0.15, 0.2) is 5.65 Å². The molecule has 4 aromatic rings. The van der Waals surface area contributed by atoms with E-state index in [1.54, 1.807) is 6.33 Å². The fraction of sp³-hybridized carbons (Fsp3) is 0.417. The minimum Gasteiger partial charge on any atom is -0.354 e. The zero-order chi connectivity index (χ0) is 22.4. The molecule has 8 nitrogen and oxygen atoms in total. The van der Waals surface area contributed by atoms with E-state index in [1.807, 2.05) is 4.52 Å². The predicted molar refractivity (Wildman–Crippen MR) is 126 cm³/mol. The van der Waals surface area contributed by atoms with Gasteiger partial charge in [-0.1, -0.05) is 13.8 Å². The highest BCUT2D eigenvalue weighted by Crippen LogP contribution is 2.37. The first-order valence-corrected chi connectivity index (χ1v) is 11.1. The molecule has 1 aliphatic heterocycles. The van der Waals surface area contributed by atoms with E-state index in [-0.39, 0.29) is 0 Å². The van der Waals surface area contributed by atoms with Crippen LogP contribution >= 0.6 is 0 Å². The second-order valence-corrected chi connectivity index (χ2v) is 8.88. The number of nitrogens with one attached hydrogen (secondary N) is 1. The van der Waals surface area contributed by atoms with Gasteiger partial charge in [-0.2, -0.15) is 10.4 Å². The Balaban J connectivity index is 1.59. The van der Waals surface area contributed by atoms with Crippen molar-refractivity contribution in [2.45, 2.75) is 33.6 Å². The zero-order valence-corrected chi connectivity index (χ0v) is 19.1. The van der Waals surface area contributed by atoms with Crippen molar-refractivity contribution in [2.24, 2.45) is 0 Å². The molecule has 1 saturated heterocycles. The van der Waals surface area contributed by atoms with Crippen molar-refractivity contribution in [1.82, 2.24) is 29.5 Å². The van der Waals surface area contributed by atoms with Gasteiger partial charge in [-0.15, -0.1) is 0 Å². The fourth-order valence-corrected chi connectivity index (χ4v) is 4.72. The number of nitriles is 1. The van der Waals surface area contributed by atoms with E-state index in [0.717, 1.165) is 65.5 Å². The minimum atomic E-state index is 0.306. The number of rotatable bonds is 4. The molecule has 0 spiro atoms. The van der Waals surface area contributed by atoms with E-state index in [4.69, 9.17) is 10.2 Å². The van der Waals surface area contributed by atoms with Crippen LogP contribution in [-0.4, -0.2) is 62.2 Å². The molecule has 5 heterocycles. The molecule has 32 heavy (non-hydrogen) atoms. The molecule has 0 unspecified atom stereocenters. The predicted octanol–water partition coefficient (Wildman–Crippen LogP) is 3.66. The van der Waals surface area contributed by atoms with Crippen molar-refractivity contribution in [3.63, 3.8) is 0 Å². The second-order valence-electron chi connectivity index (χ2n) is 8.88. The van der Waals surface area contributed by atoms with Crippen LogP contribution < -0.4 is 4.90 Å². The van der Waals surface area contributed by atoms with E-state index in [0.29, 0.717) is 12.5 Å². The first-order valence-electron chi connectivity index (χ1n) is 11.1. The lowest BCUT2D eigenvalue weighted by molar-refractivity contribution is 0.286. The van der Waals surface area contributed by atoms with Gasteiger partial charge in [-0.3, -0.25) is 4.90 Å². The number of pyridine rings is 2. The van der Waals surface area contributed by atoms with Gasteiger partial charge in [-0.05, 0) is 43.0 Å². The minimum absolute atomic E-state index is 0.306. The van der Waals surface area contributed by atoms with Crippen LogP contribution in [0.5, 0.6) is 0 Å². The van der Waals surface area contributed by atoms with Crippen molar-refractivity contribution in [2.75, 3.05) is 37.6 Å². The van der Waals surface area contributed by atoms with Crippen LogP contribution in [0.2, 0.25) is 0 Å². The molecule has 0 radical (unpaired) electrons. The van der Waals surface area contributed by atoms with Gasteiger partial charge in [0, 0.05) is 43.5 Å². The Hall–Kier alpha value is -3.44. The van der Waals surface area contributed by atoms with Crippen molar-refractivity contribution in [3.8, 4) is 17.3 Å². The molecule has 0 atom stereocenters. The standard InChI is InChI=1S/C24H28N8/c1-15(2)21-22(18-13-32-24(26-14-27-32)17(4)16(18)3)28-19-5-6-20(29-23(19)21)31-11-9-30(8-7-25)10-12-31/h5-6,13-15,28H,8-12H2,1-4H3. The molecule has 4 aromatic heterocycles. The van der Waals surface area contributed by atoms with Crippen LogP contribution in [0.1, 0.15) is 36.5 Å². The van der Waals surface area contributed by atoms with Crippen LogP contribution in [0.25, 0.3) is 27.9 Å². The van der Waals surface area contributed by atoms with Gasteiger partial charge in [0.1, 0.15) is 12.1 Å². The first-order chi connectivity index (χ1) is 15.5. The Morgan fingerprint density at radius 2 is 1.91 bits per heavy atom. The highest BCUT2D eigenvalue weighted by atomic mass is 15.3. The largest absolute Gasteiger partial charge is 0.354 e. The van der Waals surface area contributed by atoms with Crippen molar-refractivity contribution in [1.29, 1.82) is 5.26 Å². The molecule has 1 aliphatic rings. The molecule has 0 aromatic carbocycles. The zero-order valence-electron chi connectivity index (χ0n) is 19.1. The summed E-state index contributed by atoms with van der Waals surface area (Å²) in [5.74, 6) is 1.31.